The van der Waals surface area contributed by atoms with Crippen LogP contribution in [0.25, 0.3) is 0 Å². The van der Waals surface area contributed by atoms with Gasteiger partial charge in [-0.25, -0.2) is 8.42 Å². The van der Waals surface area contributed by atoms with Gasteiger partial charge in [0.15, 0.2) is 0 Å². The third-order valence-electron chi connectivity index (χ3n) is 3.15. The number of sulfonamides is 1. The third kappa shape index (κ3) is 4.22. The van der Waals surface area contributed by atoms with Gasteiger partial charge in [-0.2, -0.15) is 0 Å². The van der Waals surface area contributed by atoms with E-state index in [1.807, 2.05) is 0 Å². The normalized spacial score (nSPS) is 11.1. The lowest BCUT2D eigenvalue weighted by Crippen LogP contribution is -2.15. The summed E-state index contributed by atoms with van der Waals surface area (Å²) < 4.78 is 28.0. The zero-order valence-electron chi connectivity index (χ0n) is 12.6. The maximum absolute atomic E-state index is 12.4. The van der Waals surface area contributed by atoms with Crippen molar-refractivity contribution in [1.82, 2.24) is 15.2 Å². The number of amides is 1. The van der Waals surface area contributed by atoms with Crippen LogP contribution in [0.3, 0.4) is 0 Å². The number of anilines is 2. The van der Waals surface area contributed by atoms with Crippen LogP contribution in [0.15, 0.2) is 64.2 Å². The molecule has 8 nitrogen and oxygen atoms in total. The maximum atomic E-state index is 12.4. The summed E-state index contributed by atoms with van der Waals surface area (Å²) in [6.45, 7) is 0. The highest BCUT2D eigenvalue weighted by Gasteiger charge is 2.15. The molecule has 0 atom stereocenters. The smallest absolute Gasteiger partial charge is 0.261 e. The number of carbonyl (C=O) groups is 1. The van der Waals surface area contributed by atoms with Gasteiger partial charge in [0, 0.05) is 15.7 Å². The Labute approximate surface area is 151 Å². The minimum absolute atomic E-state index is 0.118. The van der Waals surface area contributed by atoms with Crippen molar-refractivity contribution in [1.29, 1.82) is 0 Å². The van der Waals surface area contributed by atoms with E-state index < -0.39 is 15.9 Å². The molecule has 0 saturated heterocycles. The first-order chi connectivity index (χ1) is 11.9. The van der Waals surface area contributed by atoms with Crippen molar-refractivity contribution in [2.45, 2.75) is 4.90 Å². The molecule has 1 amide bonds. The molecule has 25 heavy (non-hydrogen) atoms. The molecule has 0 aliphatic rings. The quantitative estimate of drug-likeness (QED) is 0.585. The highest BCUT2D eigenvalue weighted by molar-refractivity contribution is 9.10. The Balaban J connectivity index is 1.79. The number of halogens is 1. The fraction of sp³-hybridized carbons (Fsp3) is 0. The number of carbonyl (C=O) groups excluding carboxylic acids is 1. The average molecular weight is 422 g/mol. The van der Waals surface area contributed by atoms with E-state index in [9.17, 15) is 13.2 Å². The Kier molecular flexibility index (Phi) is 4.81. The summed E-state index contributed by atoms with van der Waals surface area (Å²) in [7, 11) is -3.75. The van der Waals surface area contributed by atoms with Gasteiger partial charge in [0.05, 0.1) is 4.90 Å². The van der Waals surface area contributed by atoms with Gasteiger partial charge in [-0.05, 0) is 42.5 Å². The van der Waals surface area contributed by atoms with E-state index in [4.69, 9.17) is 0 Å². The lowest BCUT2D eigenvalue weighted by molar-refractivity contribution is 0.102. The Bertz CT molecular complexity index is 988. The maximum Gasteiger partial charge on any atom is 0.261 e. The van der Waals surface area contributed by atoms with Crippen molar-refractivity contribution < 1.29 is 13.2 Å². The summed E-state index contributed by atoms with van der Waals surface area (Å²) >= 11 is 3.26. The molecule has 0 saturated carbocycles. The number of benzene rings is 2. The second kappa shape index (κ2) is 7.03. The molecule has 0 spiro atoms. The molecule has 0 bridgehead atoms. The predicted octanol–water partition coefficient (Wildman–Crippen LogP) is 2.62. The Morgan fingerprint density at radius 1 is 1.12 bits per heavy atom. The Hall–Kier alpha value is -2.72. The van der Waals surface area contributed by atoms with Gasteiger partial charge < -0.3 is 4.98 Å². The Morgan fingerprint density at radius 2 is 1.88 bits per heavy atom. The summed E-state index contributed by atoms with van der Waals surface area (Å²) in [5.41, 5.74) is 0.542. The van der Waals surface area contributed by atoms with Crippen molar-refractivity contribution in [3.8, 4) is 0 Å². The highest BCUT2D eigenvalue weighted by atomic mass is 79.9. The standard InChI is InChI=1S/C15H12BrN5O3S/c16-11-4-6-13(7-5-11)25(23,24)21-12-3-1-2-10(8-12)14(22)19-15-17-9-18-20-15/h1-9,21H,(H2,17,18,19,20,22). The van der Waals surface area contributed by atoms with E-state index in [1.165, 1.54) is 24.5 Å². The van der Waals surface area contributed by atoms with Crippen molar-refractivity contribution in [3.05, 3.63) is 64.9 Å². The van der Waals surface area contributed by atoms with E-state index >= 15 is 0 Å². The van der Waals surface area contributed by atoms with Crippen LogP contribution in [0.2, 0.25) is 0 Å². The lowest BCUT2D eigenvalue weighted by atomic mass is 10.2. The van der Waals surface area contributed by atoms with Gasteiger partial charge in [-0.1, -0.05) is 22.0 Å². The minimum Gasteiger partial charge on any atom is -0.314 e. The van der Waals surface area contributed by atoms with Crippen molar-refractivity contribution in [2.24, 2.45) is 0 Å². The van der Waals surface area contributed by atoms with Crippen molar-refractivity contribution in [3.63, 3.8) is 0 Å². The molecule has 1 aromatic heterocycles. The molecular formula is C15H12BrN5O3S. The summed E-state index contributed by atoms with van der Waals surface area (Å²) in [4.78, 5) is 14.9. The average Bonchev–Trinajstić information content (AvgIpc) is 3.08. The van der Waals surface area contributed by atoms with Crippen LogP contribution in [0.1, 0.15) is 10.4 Å². The molecule has 0 radical (unpaired) electrons. The number of nitrogens with one attached hydrogen (secondary N) is 3. The second-order valence-electron chi connectivity index (χ2n) is 4.93. The van der Waals surface area contributed by atoms with Crippen LogP contribution in [0, 0.1) is 0 Å². The number of nitrogens with zero attached hydrogens (tertiary/aromatic N) is 2. The molecule has 3 rings (SSSR count). The molecule has 3 N–H and O–H groups in total. The van der Waals surface area contributed by atoms with Gasteiger partial charge in [-0.3, -0.25) is 14.8 Å². The molecule has 0 aliphatic heterocycles. The molecule has 0 aliphatic carbocycles. The van der Waals surface area contributed by atoms with Crippen LogP contribution in [0.5, 0.6) is 0 Å². The van der Waals surface area contributed by atoms with Gasteiger partial charge in [0.1, 0.15) is 6.33 Å². The largest absolute Gasteiger partial charge is 0.314 e. The summed E-state index contributed by atoms with van der Waals surface area (Å²) in [5.74, 6) is -0.243. The number of hydrogen-bond donors (Lipinski definition) is 3. The zero-order valence-corrected chi connectivity index (χ0v) is 15.0. The fourth-order valence-electron chi connectivity index (χ4n) is 2.00. The summed E-state index contributed by atoms with van der Waals surface area (Å²) in [6, 6.07) is 12.4. The molecular weight excluding hydrogens is 410 g/mol. The topological polar surface area (TPSA) is 117 Å². The number of aromatic nitrogens is 3. The van der Waals surface area contributed by atoms with Crippen LogP contribution in [-0.4, -0.2) is 29.5 Å². The van der Waals surface area contributed by atoms with Crippen molar-refractivity contribution in [2.75, 3.05) is 10.0 Å². The second-order valence-corrected chi connectivity index (χ2v) is 7.53. The van der Waals surface area contributed by atoms with Crippen LogP contribution < -0.4 is 10.0 Å². The minimum atomic E-state index is -3.75. The first kappa shape index (κ1) is 17.1. The van der Waals surface area contributed by atoms with Gasteiger partial charge in [0.2, 0.25) is 5.95 Å². The van der Waals surface area contributed by atoms with Crippen LogP contribution >= 0.6 is 15.9 Å². The fourth-order valence-corrected chi connectivity index (χ4v) is 3.31. The number of H-pyrrole nitrogens is 1. The van der Waals surface area contributed by atoms with E-state index in [-0.39, 0.29) is 22.1 Å². The summed E-state index contributed by atoms with van der Waals surface area (Å²) in [5, 5.41) is 9.73. The van der Waals surface area contributed by atoms with Gasteiger partial charge in [0.25, 0.3) is 15.9 Å². The SMILES string of the molecule is O=C(Nc1nnc[nH]1)c1cccc(NS(=O)(=O)c2ccc(Br)cc2)c1. The van der Waals surface area contributed by atoms with Crippen molar-refractivity contribution >= 4 is 43.5 Å². The zero-order chi connectivity index (χ0) is 17.9. The number of hydrogen-bond acceptors (Lipinski definition) is 5. The van der Waals surface area contributed by atoms with Crippen LogP contribution in [-0.2, 0) is 10.0 Å². The molecule has 128 valence electrons. The van der Waals surface area contributed by atoms with E-state index in [0.29, 0.717) is 0 Å². The highest BCUT2D eigenvalue weighted by Crippen LogP contribution is 2.19. The molecule has 1 heterocycles. The molecule has 2 aromatic carbocycles. The summed E-state index contributed by atoms with van der Waals surface area (Å²) in [6.07, 6.45) is 1.33. The predicted molar refractivity (Wildman–Crippen MR) is 95.7 cm³/mol. The molecule has 0 fully saturated rings. The van der Waals surface area contributed by atoms with Crippen LogP contribution in [0.4, 0.5) is 11.6 Å². The molecule has 10 heteroatoms. The van der Waals surface area contributed by atoms with E-state index in [1.54, 1.807) is 30.3 Å². The van der Waals surface area contributed by atoms with E-state index in [0.717, 1.165) is 4.47 Å². The van der Waals surface area contributed by atoms with Gasteiger partial charge >= 0.3 is 0 Å². The molecule has 0 unspecified atom stereocenters. The first-order valence-electron chi connectivity index (χ1n) is 7.00. The Morgan fingerprint density at radius 3 is 2.56 bits per heavy atom. The monoisotopic (exact) mass is 421 g/mol. The third-order valence-corrected chi connectivity index (χ3v) is 5.08. The molecule has 3 aromatic rings. The number of rotatable bonds is 5. The van der Waals surface area contributed by atoms with Gasteiger partial charge in [-0.15, -0.1) is 10.2 Å². The lowest BCUT2D eigenvalue weighted by Gasteiger charge is -2.09. The number of aromatic amines is 1. The van der Waals surface area contributed by atoms with E-state index in [2.05, 4.69) is 41.2 Å². The first-order valence-corrected chi connectivity index (χ1v) is 9.27.